The summed E-state index contributed by atoms with van der Waals surface area (Å²) >= 11 is 8.88. The van der Waals surface area contributed by atoms with Gasteiger partial charge >= 0.3 is 0 Å². The molecule has 92 valence electrons. The van der Waals surface area contributed by atoms with Gasteiger partial charge in [0.2, 0.25) is 5.13 Å². The third kappa shape index (κ3) is 3.90. The zero-order valence-electron chi connectivity index (χ0n) is 9.61. The minimum absolute atomic E-state index is 0.605. The number of hydrogen-bond acceptors (Lipinski definition) is 6. The maximum Gasteiger partial charge on any atom is 0.206 e. The highest BCUT2D eigenvalue weighted by atomic mass is 35.5. The first-order valence-corrected chi connectivity index (χ1v) is 7.31. The largest absolute Gasteiger partial charge is 0.354 e. The average molecular weight is 289 g/mol. The van der Waals surface area contributed by atoms with Crippen molar-refractivity contribution in [3.05, 3.63) is 20.5 Å². The number of thiazole rings is 1. The molecule has 2 aromatic heterocycles. The van der Waals surface area contributed by atoms with Gasteiger partial charge in [-0.25, -0.2) is 4.98 Å². The molecular weight excluding hydrogens is 276 g/mol. The summed E-state index contributed by atoms with van der Waals surface area (Å²) in [5.74, 6) is 0.605. The van der Waals surface area contributed by atoms with Crippen LogP contribution in [0.4, 0.5) is 5.13 Å². The molecule has 0 aliphatic heterocycles. The Balaban J connectivity index is 1.89. The Bertz CT molecular complexity index is 480. The fourth-order valence-corrected chi connectivity index (χ4v) is 3.12. The SMILES string of the molecule is CC(C)Cc1nnc(NCc2ncc(Cl)s2)s1. The molecule has 0 amide bonds. The third-order valence-electron chi connectivity index (χ3n) is 1.97. The summed E-state index contributed by atoms with van der Waals surface area (Å²) in [7, 11) is 0. The summed E-state index contributed by atoms with van der Waals surface area (Å²) in [6.07, 6.45) is 2.63. The zero-order valence-corrected chi connectivity index (χ0v) is 12.0. The van der Waals surface area contributed by atoms with Crippen molar-refractivity contribution in [2.24, 2.45) is 5.92 Å². The van der Waals surface area contributed by atoms with E-state index in [2.05, 4.69) is 34.3 Å². The van der Waals surface area contributed by atoms with Crippen LogP contribution in [-0.4, -0.2) is 15.2 Å². The van der Waals surface area contributed by atoms with Crippen LogP contribution in [0.3, 0.4) is 0 Å². The molecular formula is C10H13ClN4S2. The van der Waals surface area contributed by atoms with Crippen molar-refractivity contribution in [1.29, 1.82) is 0 Å². The lowest BCUT2D eigenvalue weighted by atomic mass is 10.1. The zero-order chi connectivity index (χ0) is 12.3. The monoisotopic (exact) mass is 288 g/mol. The number of rotatable bonds is 5. The molecule has 2 heterocycles. The first kappa shape index (κ1) is 12.7. The van der Waals surface area contributed by atoms with Crippen LogP contribution in [0.1, 0.15) is 23.9 Å². The number of hydrogen-bond donors (Lipinski definition) is 1. The molecule has 4 nitrogen and oxygen atoms in total. The van der Waals surface area contributed by atoms with Crippen LogP contribution in [0.2, 0.25) is 4.34 Å². The summed E-state index contributed by atoms with van der Waals surface area (Å²) in [5, 5.41) is 14.3. The molecule has 0 fully saturated rings. The van der Waals surface area contributed by atoms with Gasteiger partial charge in [-0.15, -0.1) is 21.5 Å². The molecule has 0 aliphatic rings. The van der Waals surface area contributed by atoms with Gasteiger partial charge in [0.15, 0.2) is 0 Å². The molecule has 0 atom stereocenters. The van der Waals surface area contributed by atoms with E-state index in [4.69, 9.17) is 11.6 Å². The molecule has 7 heteroatoms. The van der Waals surface area contributed by atoms with E-state index >= 15 is 0 Å². The van der Waals surface area contributed by atoms with Crippen LogP contribution in [0, 0.1) is 5.92 Å². The number of nitrogens with zero attached hydrogens (tertiary/aromatic N) is 3. The van der Waals surface area contributed by atoms with Crippen molar-refractivity contribution in [2.45, 2.75) is 26.8 Å². The van der Waals surface area contributed by atoms with Gasteiger partial charge in [0.1, 0.15) is 14.4 Å². The summed E-state index contributed by atoms with van der Waals surface area (Å²) in [5.41, 5.74) is 0. The second-order valence-electron chi connectivity index (χ2n) is 4.01. The maximum atomic E-state index is 5.81. The van der Waals surface area contributed by atoms with E-state index in [1.807, 2.05) is 0 Å². The average Bonchev–Trinajstić information content (AvgIpc) is 2.84. The Labute approximate surface area is 113 Å². The lowest BCUT2D eigenvalue weighted by molar-refractivity contribution is 0.640. The van der Waals surface area contributed by atoms with Gasteiger partial charge in [-0.2, -0.15) is 0 Å². The predicted molar refractivity (Wildman–Crippen MR) is 72.9 cm³/mol. The summed E-state index contributed by atoms with van der Waals surface area (Å²) in [6, 6.07) is 0. The lowest BCUT2D eigenvalue weighted by Crippen LogP contribution is -1.97. The minimum Gasteiger partial charge on any atom is -0.354 e. The first-order chi connectivity index (χ1) is 8.13. The van der Waals surface area contributed by atoms with Gasteiger partial charge in [-0.05, 0) is 5.92 Å². The van der Waals surface area contributed by atoms with Gasteiger partial charge in [0, 0.05) is 6.42 Å². The van der Waals surface area contributed by atoms with Crippen LogP contribution in [0.5, 0.6) is 0 Å². The number of halogens is 1. The Morgan fingerprint density at radius 2 is 2.12 bits per heavy atom. The van der Waals surface area contributed by atoms with Gasteiger partial charge < -0.3 is 5.32 Å². The second-order valence-corrected chi connectivity index (χ2v) is 6.82. The van der Waals surface area contributed by atoms with E-state index < -0.39 is 0 Å². The van der Waals surface area contributed by atoms with Crippen LogP contribution in [-0.2, 0) is 13.0 Å². The van der Waals surface area contributed by atoms with Gasteiger partial charge in [0.05, 0.1) is 12.7 Å². The highest BCUT2D eigenvalue weighted by molar-refractivity contribution is 7.16. The Morgan fingerprint density at radius 3 is 2.76 bits per heavy atom. The molecule has 2 aromatic rings. The third-order valence-corrected chi connectivity index (χ3v) is 3.98. The van der Waals surface area contributed by atoms with Crippen LogP contribution in [0.15, 0.2) is 6.20 Å². The van der Waals surface area contributed by atoms with Crippen molar-refractivity contribution >= 4 is 39.4 Å². The standard InChI is InChI=1S/C10H13ClN4S2/c1-6(2)3-8-14-15-10(17-8)13-5-9-12-4-7(11)16-9/h4,6H,3,5H2,1-2H3,(H,13,15). The highest BCUT2D eigenvalue weighted by Gasteiger charge is 2.06. The van der Waals surface area contributed by atoms with Crippen molar-refractivity contribution in [3.63, 3.8) is 0 Å². The van der Waals surface area contributed by atoms with E-state index in [0.717, 1.165) is 21.6 Å². The molecule has 0 saturated carbocycles. The normalized spacial score (nSPS) is 11.1. The summed E-state index contributed by atoms with van der Waals surface area (Å²) in [6.45, 7) is 4.99. The number of anilines is 1. The Morgan fingerprint density at radius 1 is 1.29 bits per heavy atom. The highest BCUT2D eigenvalue weighted by Crippen LogP contribution is 2.21. The van der Waals surface area contributed by atoms with E-state index in [1.165, 1.54) is 11.3 Å². The molecule has 0 spiro atoms. The van der Waals surface area contributed by atoms with Gasteiger partial charge in [-0.1, -0.05) is 36.8 Å². The number of nitrogens with one attached hydrogen (secondary N) is 1. The molecule has 0 saturated heterocycles. The fraction of sp³-hybridized carbons (Fsp3) is 0.500. The van der Waals surface area contributed by atoms with E-state index in [1.54, 1.807) is 17.5 Å². The minimum atomic E-state index is 0.605. The summed E-state index contributed by atoms with van der Waals surface area (Å²) < 4.78 is 0.708. The molecule has 1 N–H and O–H groups in total. The van der Waals surface area contributed by atoms with Crippen LogP contribution in [0.25, 0.3) is 0 Å². The molecule has 0 unspecified atom stereocenters. The van der Waals surface area contributed by atoms with Gasteiger partial charge in [0.25, 0.3) is 0 Å². The molecule has 0 aromatic carbocycles. The Hall–Kier alpha value is -0.720. The van der Waals surface area contributed by atoms with Crippen molar-refractivity contribution in [3.8, 4) is 0 Å². The quantitative estimate of drug-likeness (QED) is 0.915. The Kier molecular flexibility index (Phi) is 4.31. The molecule has 17 heavy (non-hydrogen) atoms. The van der Waals surface area contributed by atoms with E-state index in [9.17, 15) is 0 Å². The van der Waals surface area contributed by atoms with Crippen molar-refractivity contribution in [2.75, 3.05) is 5.32 Å². The van der Waals surface area contributed by atoms with Crippen molar-refractivity contribution < 1.29 is 0 Å². The van der Waals surface area contributed by atoms with Crippen LogP contribution < -0.4 is 5.32 Å². The predicted octanol–water partition coefficient (Wildman–Crippen LogP) is 3.46. The topological polar surface area (TPSA) is 50.7 Å². The molecule has 2 rings (SSSR count). The summed E-state index contributed by atoms with van der Waals surface area (Å²) in [4.78, 5) is 4.17. The molecule has 0 bridgehead atoms. The maximum absolute atomic E-state index is 5.81. The fourth-order valence-electron chi connectivity index (χ4n) is 1.28. The molecule has 0 radical (unpaired) electrons. The second kappa shape index (κ2) is 5.75. The smallest absolute Gasteiger partial charge is 0.206 e. The van der Waals surface area contributed by atoms with Crippen molar-refractivity contribution in [1.82, 2.24) is 15.2 Å². The lowest BCUT2D eigenvalue weighted by Gasteiger charge is -1.98. The molecule has 0 aliphatic carbocycles. The van der Waals surface area contributed by atoms with Gasteiger partial charge in [-0.3, -0.25) is 0 Å². The first-order valence-electron chi connectivity index (χ1n) is 5.30. The van der Waals surface area contributed by atoms with Crippen LogP contribution >= 0.6 is 34.3 Å². The number of aromatic nitrogens is 3. The van der Waals surface area contributed by atoms with E-state index in [0.29, 0.717) is 16.8 Å². The van der Waals surface area contributed by atoms with E-state index in [-0.39, 0.29) is 0 Å².